The first-order chi connectivity index (χ1) is 15.3. The van der Waals surface area contributed by atoms with E-state index in [4.69, 9.17) is 8.94 Å². The average Bonchev–Trinajstić information content (AvgIpc) is 3.46. The Labute approximate surface area is 188 Å². The van der Waals surface area contributed by atoms with Crippen LogP contribution in [0.3, 0.4) is 0 Å². The summed E-state index contributed by atoms with van der Waals surface area (Å²) in [5, 5.41) is 3.64. The quantitative estimate of drug-likeness (QED) is 0.540. The molecule has 0 bridgehead atoms. The topological polar surface area (TPSA) is 115 Å². The molecule has 1 atom stereocenters. The summed E-state index contributed by atoms with van der Waals surface area (Å²) in [7, 11) is -4.14. The van der Waals surface area contributed by atoms with Gasteiger partial charge in [0.15, 0.2) is 11.8 Å². The SMILES string of the molecule is CC(C)(C)c1ocnc1CS(=O)(=O)N1CCC(c2nc(-c3ccccn3)no2)(C(F)(F)F)C1. The summed E-state index contributed by atoms with van der Waals surface area (Å²) in [5.41, 5.74) is -2.74. The van der Waals surface area contributed by atoms with Gasteiger partial charge in [-0.2, -0.15) is 18.2 Å². The third-order valence-electron chi connectivity index (χ3n) is 5.54. The normalized spacial score (nSPS) is 20.4. The lowest BCUT2D eigenvalue weighted by Crippen LogP contribution is -2.46. The maximum atomic E-state index is 14.3. The average molecular weight is 485 g/mol. The van der Waals surface area contributed by atoms with Crippen molar-refractivity contribution < 1.29 is 30.5 Å². The monoisotopic (exact) mass is 485 g/mol. The van der Waals surface area contributed by atoms with E-state index in [1.54, 1.807) is 12.1 Å². The van der Waals surface area contributed by atoms with Crippen molar-refractivity contribution in [2.24, 2.45) is 0 Å². The predicted octanol–water partition coefficient (Wildman–Crippen LogP) is 3.45. The number of pyridine rings is 1. The third-order valence-corrected chi connectivity index (χ3v) is 7.28. The van der Waals surface area contributed by atoms with Gasteiger partial charge in [0, 0.05) is 24.7 Å². The maximum Gasteiger partial charge on any atom is 0.404 e. The zero-order chi connectivity index (χ0) is 24.1. The zero-order valence-corrected chi connectivity index (χ0v) is 18.9. The molecule has 1 aliphatic heterocycles. The molecule has 0 aliphatic carbocycles. The van der Waals surface area contributed by atoms with Gasteiger partial charge in [0.05, 0.1) is 5.69 Å². The van der Waals surface area contributed by atoms with Gasteiger partial charge in [-0.3, -0.25) is 4.98 Å². The van der Waals surface area contributed by atoms with Gasteiger partial charge in [0.1, 0.15) is 17.2 Å². The van der Waals surface area contributed by atoms with Crippen LogP contribution in [-0.2, 0) is 26.6 Å². The highest BCUT2D eigenvalue weighted by molar-refractivity contribution is 7.88. The van der Waals surface area contributed by atoms with Crippen LogP contribution in [-0.4, -0.2) is 52.1 Å². The van der Waals surface area contributed by atoms with Crippen molar-refractivity contribution in [2.45, 2.75) is 50.0 Å². The Morgan fingerprint density at radius 2 is 1.94 bits per heavy atom. The zero-order valence-electron chi connectivity index (χ0n) is 18.1. The molecule has 1 unspecified atom stereocenters. The summed E-state index contributed by atoms with van der Waals surface area (Å²) in [5.74, 6) is -1.00. The molecule has 0 saturated carbocycles. The number of alkyl halides is 3. The molecule has 0 radical (unpaired) electrons. The van der Waals surface area contributed by atoms with Crippen LogP contribution in [0.4, 0.5) is 13.2 Å². The Morgan fingerprint density at radius 1 is 1.18 bits per heavy atom. The Hall–Kier alpha value is -2.80. The highest BCUT2D eigenvalue weighted by Gasteiger charge is 2.64. The van der Waals surface area contributed by atoms with E-state index < -0.39 is 51.6 Å². The molecule has 9 nitrogen and oxygen atoms in total. The van der Waals surface area contributed by atoms with Crippen molar-refractivity contribution in [3.05, 3.63) is 48.1 Å². The van der Waals surface area contributed by atoms with Crippen molar-refractivity contribution in [1.82, 2.24) is 24.4 Å². The molecular formula is C20H22F3N5O4S. The van der Waals surface area contributed by atoms with E-state index in [-0.39, 0.29) is 23.8 Å². The number of halogens is 3. The van der Waals surface area contributed by atoms with Crippen LogP contribution in [0, 0.1) is 0 Å². The highest BCUT2D eigenvalue weighted by Crippen LogP contribution is 2.48. The van der Waals surface area contributed by atoms with Gasteiger partial charge in [0.2, 0.25) is 21.7 Å². The molecule has 1 aliphatic rings. The minimum atomic E-state index is -4.82. The fraction of sp³-hybridized carbons (Fsp3) is 0.500. The minimum absolute atomic E-state index is 0.104. The number of hydrogen-bond acceptors (Lipinski definition) is 8. The first-order valence-electron chi connectivity index (χ1n) is 10.1. The van der Waals surface area contributed by atoms with Gasteiger partial charge >= 0.3 is 6.18 Å². The fourth-order valence-corrected chi connectivity index (χ4v) is 5.32. The first-order valence-corrected chi connectivity index (χ1v) is 11.7. The molecule has 3 aromatic heterocycles. The molecule has 0 N–H and O–H groups in total. The summed E-state index contributed by atoms with van der Waals surface area (Å²) >= 11 is 0. The molecular weight excluding hydrogens is 463 g/mol. The van der Waals surface area contributed by atoms with Crippen molar-refractivity contribution in [1.29, 1.82) is 0 Å². The number of hydrogen-bond donors (Lipinski definition) is 0. The lowest BCUT2D eigenvalue weighted by Gasteiger charge is -2.27. The van der Waals surface area contributed by atoms with Crippen LogP contribution in [0.15, 0.2) is 39.7 Å². The third kappa shape index (κ3) is 4.26. The van der Waals surface area contributed by atoms with Crippen molar-refractivity contribution in [3.63, 3.8) is 0 Å². The van der Waals surface area contributed by atoms with Gasteiger partial charge in [-0.25, -0.2) is 17.7 Å². The Morgan fingerprint density at radius 3 is 2.58 bits per heavy atom. The van der Waals surface area contributed by atoms with E-state index in [1.807, 2.05) is 20.8 Å². The predicted molar refractivity (Wildman–Crippen MR) is 109 cm³/mol. The molecule has 1 fully saturated rings. The fourth-order valence-electron chi connectivity index (χ4n) is 3.80. The summed E-state index contributed by atoms with van der Waals surface area (Å²) in [6.45, 7) is 4.24. The molecule has 0 amide bonds. The molecule has 13 heteroatoms. The van der Waals surface area contributed by atoms with Gasteiger partial charge < -0.3 is 8.94 Å². The van der Waals surface area contributed by atoms with Gasteiger partial charge in [0.25, 0.3) is 0 Å². The number of aromatic nitrogens is 4. The van der Waals surface area contributed by atoms with Crippen molar-refractivity contribution in [3.8, 4) is 11.5 Å². The van der Waals surface area contributed by atoms with E-state index in [0.717, 1.165) is 10.7 Å². The molecule has 3 aromatic rings. The highest BCUT2D eigenvalue weighted by atomic mass is 32.2. The Bertz CT molecular complexity index is 1230. The number of oxazole rings is 1. The van der Waals surface area contributed by atoms with E-state index in [1.165, 1.54) is 12.3 Å². The summed E-state index contributed by atoms with van der Waals surface area (Å²) in [6, 6.07) is 4.81. The molecule has 33 heavy (non-hydrogen) atoms. The number of nitrogens with zero attached hydrogens (tertiary/aromatic N) is 5. The van der Waals surface area contributed by atoms with Crippen molar-refractivity contribution >= 4 is 10.0 Å². The Kier molecular flexibility index (Phi) is 5.60. The summed E-state index contributed by atoms with van der Waals surface area (Å²) in [4.78, 5) is 11.9. The van der Waals surface area contributed by atoms with Crippen LogP contribution < -0.4 is 0 Å². The molecule has 4 rings (SSSR count). The molecule has 0 aromatic carbocycles. The van der Waals surface area contributed by atoms with Gasteiger partial charge in [-0.05, 0) is 18.6 Å². The van der Waals surface area contributed by atoms with Crippen LogP contribution >= 0.6 is 0 Å². The molecule has 178 valence electrons. The Balaban J connectivity index is 1.64. The van der Waals surface area contributed by atoms with E-state index in [2.05, 4.69) is 20.1 Å². The lowest BCUT2D eigenvalue weighted by molar-refractivity contribution is -0.192. The number of rotatable bonds is 5. The van der Waals surface area contributed by atoms with E-state index in [9.17, 15) is 21.6 Å². The summed E-state index contributed by atoms with van der Waals surface area (Å²) < 4.78 is 80.1. The van der Waals surface area contributed by atoms with Crippen LogP contribution in [0.1, 0.15) is 44.5 Å². The molecule has 1 saturated heterocycles. The smallest absolute Gasteiger partial charge is 0.404 e. The van der Waals surface area contributed by atoms with Crippen LogP contribution in [0.5, 0.6) is 0 Å². The van der Waals surface area contributed by atoms with Crippen LogP contribution in [0.2, 0.25) is 0 Å². The second kappa shape index (κ2) is 7.90. The maximum absolute atomic E-state index is 14.3. The van der Waals surface area contributed by atoms with Gasteiger partial charge in [-0.1, -0.05) is 32.0 Å². The van der Waals surface area contributed by atoms with Crippen molar-refractivity contribution in [2.75, 3.05) is 13.1 Å². The van der Waals surface area contributed by atoms with E-state index in [0.29, 0.717) is 5.76 Å². The molecule has 4 heterocycles. The second-order valence-corrected chi connectivity index (χ2v) is 10.9. The molecule has 0 spiro atoms. The first kappa shape index (κ1) is 23.4. The van der Waals surface area contributed by atoms with E-state index >= 15 is 0 Å². The second-order valence-electron chi connectivity index (χ2n) is 8.94. The van der Waals surface area contributed by atoms with Crippen LogP contribution in [0.25, 0.3) is 11.5 Å². The largest absolute Gasteiger partial charge is 0.448 e. The standard InChI is InChI=1S/C20H22F3N5O4S/c1-18(2,3)15-14(25-12-31-15)10-33(29,30)28-9-7-19(11-28,20(21,22)23)17-26-16(27-32-17)13-6-4-5-8-24-13/h4-6,8,12H,7,9-11H2,1-3H3. The lowest BCUT2D eigenvalue weighted by atomic mass is 9.86. The minimum Gasteiger partial charge on any atom is -0.448 e. The number of sulfonamides is 1. The van der Waals surface area contributed by atoms with Gasteiger partial charge in [-0.15, -0.1) is 0 Å². The summed E-state index contributed by atoms with van der Waals surface area (Å²) in [6.07, 6.45) is -2.79.